The predicted octanol–water partition coefficient (Wildman–Crippen LogP) is 3.51. The van der Waals surface area contributed by atoms with Crippen molar-refractivity contribution in [2.45, 2.75) is 65.2 Å². The summed E-state index contributed by atoms with van der Waals surface area (Å²) in [5.41, 5.74) is 0.542. The number of benzene rings is 1. The maximum atomic E-state index is 11.9. The normalized spacial score (nSPS) is 16.6. The first-order valence-electron chi connectivity index (χ1n) is 8.77. The van der Waals surface area contributed by atoms with E-state index in [0.29, 0.717) is 18.7 Å². The maximum Gasteiger partial charge on any atom is 0.412 e. The minimum atomic E-state index is -0.548. The summed E-state index contributed by atoms with van der Waals surface area (Å²) >= 11 is 0. The Hall–Kier alpha value is -2.44. The molecule has 2 rings (SSSR count). The number of carbonyl (C=O) groups excluding carboxylic acids is 2. The van der Waals surface area contributed by atoms with Crippen LogP contribution in [0.1, 0.15) is 48.0 Å². The standard InChI is InChI=1S/C19H29N3O4/c1-12(23)22-19(5,6)10-14-11-20-15-9-13(7-8-16(15)25-14)21-17(24)26-18(2,3)4/h7-9,14,20H,10-11H2,1-6H3,(H,21,24)(H,22,23). The summed E-state index contributed by atoms with van der Waals surface area (Å²) in [6, 6.07) is 5.40. The molecule has 0 radical (unpaired) electrons. The van der Waals surface area contributed by atoms with E-state index in [9.17, 15) is 9.59 Å². The van der Waals surface area contributed by atoms with Crippen LogP contribution >= 0.6 is 0 Å². The molecular weight excluding hydrogens is 334 g/mol. The molecule has 7 nitrogen and oxygen atoms in total. The second-order valence-corrected chi connectivity index (χ2v) is 8.23. The Bertz CT molecular complexity index is 680. The molecule has 0 spiro atoms. The van der Waals surface area contributed by atoms with Crippen molar-refractivity contribution in [1.82, 2.24) is 5.32 Å². The van der Waals surface area contributed by atoms with Crippen LogP contribution in [0.2, 0.25) is 0 Å². The van der Waals surface area contributed by atoms with Gasteiger partial charge < -0.3 is 20.1 Å². The zero-order valence-electron chi connectivity index (χ0n) is 16.4. The molecule has 1 aromatic rings. The average molecular weight is 363 g/mol. The fraction of sp³-hybridized carbons (Fsp3) is 0.579. The van der Waals surface area contributed by atoms with E-state index in [0.717, 1.165) is 11.4 Å². The van der Waals surface area contributed by atoms with Crippen molar-refractivity contribution >= 4 is 23.4 Å². The summed E-state index contributed by atoms with van der Waals surface area (Å²) in [5.74, 6) is 0.659. The Kier molecular flexibility index (Phi) is 5.68. The van der Waals surface area contributed by atoms with Gasteiger partial charge in [-0.3, -0.25) is 10.1 Å². The number of ether oxygens (including phenoxy) is 2. The SMILES string of the molecule is CC(=O)NC(C)(C)CC1CNc2cc(NC(=O)OC(C)(C)C)ccc2O1. The first-order valence-corrected chi connectivity index (χ1v) is 8.77. The topological polar surface area (TPSA) is 88.7 Å². The van der Waals surface area contributed by atoms with Crippen molar-refractivity contribution < 1.29 is 19.1 Å². The quantitative estimate of drug-likeness (QED) is 0.762. The molecule has 3 N–H and O–H groups in total. The van der Waals surface area contributed by atoms with Crippen molar-refractivity contribution in [3.05, 3.63) is 18.2 Å². The third-order valence-electron chi connectivity index (χ3n) is 3.69. The number of amides is 2. The molecule has 0 aliphatic carbocycles. The molecule has 1 atom stereocenters. The van der Waals surface area contributed by atoms with Crippen LogP contribution in [-0.4, -0.2) is 35.8 Å². The van der Waals surface area contributed by atoms with Gasteiger partial charge in [-0.25, -0.2) is 4.79 Å². The molecule has 0 bridgehead atoms. The zero-order chi connectivity index (χ0) is 19.5. The summed E-state index contributed by atoms with van der Waals surface area (Å²) in [5, 5.41) is 8.97. The zero-order valence-corrected chi connectivity index (χ0v) is 16.4. The van der Waals surface area contributed by atoms with Crippen LogP contribution in [-0.2, 0) is 9.53 Å². The van der Waals surface area contributed by atoms with E-state index in [4.69, 9.17) is 9.47 Å². The van der Waals surface area contributed by atoms with E-state index < -0.39 is 11.7 Å². The molecule has 2 amide bonds. The van der Waals surface area contributed by atoms with E-state index >= 15 is 0 Å². The molecular formula is C19H29N3O4. The van der Waals surface area contributed by atoms with Crippen molar-refractivity contribution in [1.29, 1.82) is 0 Å². The van der Waals surface area contributed by atoms with Gasteiger partial charge in [0, 0.05) is 24.6 Å². The van der Waals surface area contributed by atoms with E-state index in [1.165, 1.54) is 6.92 Å². The molecule has 0 aromatic heterocycles. The molecule has 1 aliphatic heterocycles. The van der Waals surface area contributed by atoms with Gasteiger partial charge in [0.1, 0.15) is 17.5 Å². The van der Waals surface area contributed by atoms with Gasteiger partial charge in [-0.1, -0.05) is 0 Å². The molecule has 0 fully saturated rings. The van der Waals surface area contributed by atoms with Crippen LogP contribution in [0.4, 0.5) is 16.2 Å². The number of rotatable bonds is 4. The van der Waals surface area contributed by atoms with Crippen LogP contribution in [0.3, 0.4) is 0 Å². The van der Waals surface area contributed by atoms with Gasteiger partial charge in [-0.2, -0.15) is 0 Å². The van der Waals surface area contributed by atoms with Gasteiger partial charge in [0.25, 0.3) is 0 Å². The first kappa shape index (κ1) is 19.9. The number of fused-ring (bicyclic) bond motifs is 1. The monoisotopic (exact) mass is 363 g/mol. The highest BCUT2D eigenvalue weighted by atomic mass is 16.6. The Morgan fingerprint density at radius 2 is 1.96 bits per heavy atom. The highest BCUT2D eigenvalue weighted by Gasteiger charge is 2.28. The summed E-state index contributed by atoms with van der Waals surface area (Å²) < 4.78 is 11.3. The Morgan fingerprint density at radius 1 is 1.27 bits per heavy atom. The molecule has 1 unspecified atom stereocenters. The second kappa shape index (κ2) is 7.43. The Labute approximate surface area is 154 Å². The van der Waals surface area contributed by atoms with E-state index in [1.54, 1.807) is 6.07 Å². The average Bonchev–Trinajstić information content (AvgIpc) is 2.43. The molecule has 1 aliphatic rings. The molecule has 1 heterocycles. The Balaban J connectivity index is 1.98. The number of hydrogen-bond donors (Lipinski definition) is 3. The number of carbonyl (C=O) groups is 2. The third-order valence-corrected chi connectivity index (χ3v) is 3.69. The summed E-state index contributed by atoms with van der Waals surface area (Å²) in [6.45, 7) is 11.5. The summed E-state index contributed by atoms with van der Waals surface area (Å²) in [4.78, 5) is 23.2. The van der Waals surface area contributed by atoms with E-state index in [2.05, 4.69) is 16.0 Å². The lowest BCUT2D eigenvalue weighted by Gasteiger charge is -2.34. The van der Waals surface area contributed by atoms with Gasteiger partial charge in [-0.15, -0.1) is 0 Å². The molecule has 7 heteroatoms. The smallest absolute Gasteiger partial charge is 0.412 e. The van der Waals surface area contributed by atoms with Crippen LogP contribution in [0, 0.1) is 0 Å². The fourth-order valence-electron chi connectivity index (χ4n) is 2.93. The molecule has 1 aromatic carbocycles. The molecule has 0 saturated heterocycles. The van der Waals surface area contributed by atoms with Crippen LogP contribution in [0.25, 0.3) is 0 Å². The molecule has 0 saturated carbocycles. The van der Waals surface area contributed by atoms with Crippen molar-refractivity contribution in [2.75, 3.05) is 17.2 Å². The second-order valence-electron chi connectivity index (χ2n) is 8.23. The van der Waals surface area contributed by atoms with E-state index in [1.807, 2.05) is 46.8 Å². The number of nitrogens with one attached hydrogen (secondary N) is 3. The first-order chi connectivity index (χ1) is 11.9. The van der Waals surface area contributed by atoms with Gasteiger partial charge in [0.15, 0.2) is 0 Å². The molecule has 26 heavy (non-hydrogen) atoms. The van der Waals surface area contributed by atoms with Crippen LogP contribution in [0.15, 0.2) is 18.2 Å². The summed E-state index contributed by atoms with van der Waals surface area (Å²) in [7, 11) is 0. The van der Waals surface area contributed by atoms with Crippen LogP contribution in [0.5, 0.6) is 5.75 Å². The lowest BCUT2D eigenvalue weighted by Crippen LogP contribution is -2.47. The lowest BCUT2D eigenvalue weighted by molar-refractivity contribution is -0.120. The van der Waals surface area contributed by atoms with E-state index in [-0.39, 0.29) is 17.6 Å². The van der Waals surface area contributed by atoms with Crippen molar-refractivity contribution in [2.24, 2.45) is 0 Å². The maximum absolute atomic E-state index is 11.9. The van der Waals surface area contributed by atoms with Gasteiger partial charge in [-0.05, 0) is 52.8 Å². The van der Waals surface area contributed by atoms with Gasteiger partial charge in [0.05, 0.1) is 12.2 Å². The predicted molar refractivity (Wildman–Crippen MR) is 102 cm³/mol. The highest BCUT2D eigenvalue weighted by Crippen LogP contribution is 2.33. The lowest BCUT2D eigenvalue weighted by atomic mass is 9.95. The van der Waals surface area contributed by atoms with Gasteiger partial charge in [0.2, 0.25) is 5.91 Å². The third kappa shape index (κ3) is 6.13. The summed E-state index contributed by atoms with van der Waals surface area (Å²) in [6.07, 6.45) is 0.120. The minimum absolute atomic E-state index is 0.0583. The number of anilines is 2. The van der Waals surface area contributed by atoms with Crippen molar-refractivity contribution in [3.8, 4) is 5.75 Å². The Morgan fingerprint density at radius 3 is 2.58 bits per heavy atom. The largest absolute Gasteiger partial charge is 0.486 e. The number of hydrogen-bond acceptors (Lipinski definition) is 5. The minimum Gasteiger partial charge on any atom is -0.486 e. The van der Waals surface area contributed by atoms with Crippen molar-refractivity contribution in [3.63, 3.8) is 0 Å². The van der Waals surface area contributed by atoms with Crippen LogP contribution < -0.4 is 20.7 Å². The fourth-order valence-corrected chi connectivity index (χ4v) is 2.93. The van der Waals surface area contributed by atoms with Gasteiger partial charge >= 0.3 is 6.09 Å². The molecule has 144 valence electrons. The highest BCUT2D eigenvalue weighted by molar-refractivity contribution is 5.86.